The maximum absolute atomic E-state index is 13.1. The standard InChI is InChI=1S/C20H34N4O3.ClH/c1-4-19(2,3)14-7-9-20(10-8-14)17(26)24(18(27)22-20)13-16(25)23-11-5-6-15(23)12-21;/h14-15H,4-13,21H2,1-3H3,(H,22,27);1H. The molecule has 160 valence electrons. The van der Waals surface area contributed by atoms with Crippen LogP contribution in [0.2, 0.25) is 0 Å². The molecule has 1 atom stereocenters. The Hall–Kier alpha value is -1.34. The molecule has 1 spiro atoms. The van der Waals surface area contributed by atoms with E-state index in [1.165, 1.54) is 0 Å². The summed E-state index contributed by atoms with van der Waals surface area (Å²) in [5, 5.41) is 2.92. The number of hydrogen-bond donors (Lipinski definition) is 2. The Labute approximate surface area is 174 Å². The van der Waals surface area contributed by atoms with Crippen LogP contribution >= 0.6 is 12.4 Å². The van der Waals surface area contributed by atoms with Gasteiger partial charge in [-0.25, -0.2) is 4.79 Å². The fourth-order valence-corrected chi connectivity index (χ4v) is 4.97. The summed E-state index contributed by atoms with van der Waals surface area (Å²) >= 11 is 0. The van der Waals surface area contributed by atoms with Crippen molar-refractivity contribution in [2.75, 3.05) is 19.6 Å². The molecule has 0 bridgehead atoms. The molecule has 28 heavy (non-hydrogen) atoms. The van der Waals surface area contributed by atoms with E-state index in [0.29, 0.717) is 31.8 Å². The number of nitrogens with two attached hydrogens (primary N) is 1. The molecule has 2 aliphatic heterocycles. The van der Waals surface area contributed by atoms with Gasteiger partial charge in [-0.05, 0) is 49.9 Å². The summed E-state index contributed by atoms with van der Waals surface area (Å²) in [6.45, 7) is 7.66. The van der Waals surface area contributed by atoms with Crippen molar-refractivity contribution < 1.29 is 14.4 Å². The quantitative estimate of drug-likeness (QED) is 0.674. The molecular formula is C20H35ClN4O3. The Kier molecular flexibility index (Phi) is 7.03. The number of urea groups is 1. The topological polar surface area (TPSA) is 95.7 Å². The third kappa shape index (κ3) is 4.01. The van der Waals surface area contributed by atoms with Crippen LogP contribution in [0.5, 0.6) is 0 Å². The van der Waals surface area contributed by atoms with Crippen molar-refractivity contribution in [3.05, 3.63) is 0 Å². The number of nitrogens with zero attached hydrogens (tertiary/aromatic N) is 2. The number of amides is 4. The van der Waals surface area contributed by atoms with Crippen molar-refractivity contribution in [1.29, 1.82) is 0 Å². The minimum absolute atomic E-state index is 0. The van der Waals surface area contributed by atoms with Crippen LogP contribution in [0.3, 0.4) is 0 Å². The van der Waals surface area contributed by atoms with Crippen molar-refractivity contribution in [3.63, 3.8) is 0 Å². The second-order valence-electron chi connectivity index (χ2n) is 9.14. The van der Waals surface area contributed by atoms with E-state index < -0.39 is 11.6 Å². The first kappa shape index (κ1) is 22.9. The van der Waals surface area contributed by atoms with E-state index in [0.717, 1.165) is 37.0 Å². The molecule has 7 nitrogen and oxygen atoms in total. The largest absolute Gasteiger partial charge is 0.337 e. The maximum Gasteiger partial charge on any atom is 0.325 e. The fraction of sp³-hybridized carbons (Fsp3) is 0.850. The van der Waals surface area contributed by atoms with Gasteiger partial charge in [0.1, 0.15) is 12.1 Å². The molecule has 0 radical (unpaired) electrons. The van der Waals surface area contributed by atoms with E-state index in [1.54, 1.807) is 4.90 Å². The van der Waals surface area contributed by atoms with Gasteiger partial charge in [-0.15, -0.1) is 12.4 Å². The Morgan fingerprint density at radius 3 is 2.46 bits per heavy atom. The van der Waals surface area contributed by atoms with Crippen molar-refractivity contribution in [2.45, 2.75) is 77.3 Å². The van der Waals surface area contributed by atoms with Crippen LogP contribution in [0.4, 0.5) is 4.79 Å². The van der Waals surface area contributed by atoms with E-state index >= 15 is 0 Å². The Balaban J connectivity index is 0.00000280. The summed E-state index contributed by atoms with van der Waals surface area (Å²) in [7, 11) is 0. The molecule has 3 aliphatic rings. The highest BCUT2D eigenvalue weighted by Crippen LogP contribution is 2.45. The minimum Gasteiger partial charge on any atom is -0.337 e. The van der Waals surface area contributed by atoms with E-state index in [9.17, 15) is 14.4 Å². The van der Waals surface area contributed by atoms with Gasteiger partial charge in [-0.2, -0.15) is 0 Å². The first-order chi connectivity index (χ1) is 12.7. The highest BCUT2D eigenvalue weighted by Gasteiger charge is 2.54. The maximum atomic E-state index is 13.1. The molecule has 0 aromatic heterocycles. The van der Waals surface area contributed by atoms with Crippen LogP contribution in [-0.4, -0.2) is 58.9 Å². The Morgan fingerprint density at radius 1 is 1.25 bits per heavy atom. The smallest absolute Gasteiger partial charge is 0.325 e. The van der Waals surface area contributed by atoms with Crippen molar-refractivity contribution in [1.82, 2.24) is 15.1 Å². The molecule has 3 fully saturated rings. The van der Waals surface area contributed by atoms with Gasteiger partial charge in [0, 0.05) is 19.1 Å². The zero-order valence-corrected chi connectivity index (χ0v) is 18.1. The van der Waals surface area contributed by atoms with Gasteiger partial charge in [-0.3, -0.25) is 14.5 Å². The summed E-state index contributed by atoms with van der Waals surface area (Å²) in [6, 6.07) is -0.399. The molecule has 8 heteroatoms. The molecule has 1 unspecified atom stereocenters. The van der Waals surface area contributed by atoms with Crippen LogP contribution in [0.25, 0.3) is 0 Å². The molecule has 3 rings (SSSR count). The Bertz CT molecular complexity index is 617. The number of rotatable bonds is 5. The van der Waals surface area contributed by atoms with Crippen LogP contribution in [0.15, 0.2) is 0 Å². The second kappa shape index (κ2) is 8.57. The average Bonchev–Trinajstić information content (AvgIpc) is 3.21. The van der Waals surface area contributed by atoms with Gasteiger partial charge >= 0.3 is 6.03 Å². The molecular weight excluding hydrogens is 380 g/mol. The summed E-state index contributed by atoms with van der Waals surface area (Å²) in [4.78, 5) is 41.1. The van der Waals surface area contributed by atoms with E-state index in [1.807, 2.05) is 0 Å². The van der Waals surface area contributed by atoms with Crippen LogP contribution in [-0.2, 0) is 9.59 Å². The number of imide groups is 1. The van der Waals surface area contributed by atoms with E-state index in [-0.39, 0.29) is 42.2 Å². The van der Waals surface area contributed by atoms with Gasteiger partial charge in [0.2, 0.25) is 5.91 Å². The van der Waals surface area contributed by atoms with Crippen molar-refractivity contribution >= 4 is 30.3 Å². The average molecular weight is 415 g/mol. The SMILES string of the molecule is CCC(C)(C)C1CCC2(CC1)NC(=O)N(CC(=O)N1CCCC1CN)C2=O.Cl. The van der Waals surface area contributed by atoms with Gasteiger partial charge in [0.05, 0.1) is 0 Å². The number of halogens is 1. The lowest BCUT2D eigenvalue weighted by Gasteiger charge is -2.42. The summed E-state index contributed by atoms with van der Waals surface area (Å²) in [5.41, 5.74) is 5.18. The third-order valence-electron chi connectivity index (χ3n) is 7.36. The summed E-state index contributed by atoms with van der Waals surface area (Å²) < 4.78 is 0. The van der Waals surface area contributed by atoms with Gasteiger partial charge in [-0.1, -0.05) is 27.2 Å². The predicted octanol–water partition coefficient (Wildman–Crippen LogP) is 2.27. The number of carbonyl (C=O) groups is 3. The number of hydrogen-bond acceptors (Lipinski definition) is 4. The lowest BCUT2D eigenvalue weighted by Crippen LogP contribution is -2.51. The van der Waals surface area contributed by atoms with Crippen LogP contribution in [0, 0.1) is 11.3 Å². The van der Waals surface area contributed by atoms with Gasteiger partial charge < -0.3 is 16.0 Å². The molecule has 2 heterocycles. The number of nitrogens with one attached hydrogen (secondary N) is 1. The lowest BCUT2D eigenvalue weighted by atomic mass is 9.65. The Morgan fingerprint density at radius 2 is 1.89 bits per heavy atom. The monoisotopic (exact) mass is 414 g/mol. The lowest BCUT2D eigenvalue weighted by molar-refractivity contribution is -0.140. The van der Waals surface area contributed by atoms with E-state index in [4.69, 9.17) is 5.73 Å². The van der Waals surface area contributed by atoms with Crippen LogP contribution < -0.4 is 11.1 Å². The van der Waals surface area contributed by atoms with Gasteiger partial charge in [0.15, 0.2) is 0 Å². The second-order valence-corrected chi connectivity index (χ2v) is 9.14. The first-order valence-electron chi connectivity index (χ1n) is 10.4. The zero-order valence-electron chi connectivity index (χ0n) is 17.3. The number of likely N-dealkylation sites (tertiary alicyclic amines) is 1. The van der Waals surface area contributed by atoms with Crippen molar-refractivity contribution in [2.24, 2.45) is 17.1 Å². The van der Waals surface area contributed by atoms with Crippen LogP contribution in [0.1, 0.15) is 65.7 Å². The molecule has 1 saturated carbocycles. The summed E-state index contributed by atoms with van der Waals surface area (Å²) in [6.07, 6.45) is 6.08. The highest BCUT2D eigenvalue weighted by molar-refractivity contribution is 6.09. The molecule has 1 aliphatic carbocycles. The van der Waals surface area contributed by atoms with Gasteiger partial charge in [0.25, 0.3) is 5.91 Å². The normalized spacial score (nSPS) is 30.6. The first-order valence-corrected chi connectivity index (χ1v) is 10.4. The van der Waals surface area contributed by atoms with Crippen molar-refractivity contribution in [3.8, 4) is 0 Å². The third-order valence-corrected chi connectivity index (χ3v) is 7.36. The van der Waals surface area contributed by atoms with E-state index in [2.05, 4.69) is 26.1 Å². The zero-order chi connectivity index (χ0) is 19.8. The molecule has 3 N–H and O–H groups in total. The molecule has 2 saturated heterocycles. The summed E-state index contributed by atoms with van der Waals surface area (Å²) in [5.74, 6) is 0.157. The minimum atomic E-state index is -0.810. The molecule has 0 aromatic carbocycles. The predicted molar refractivity (Wildman–Crippen MR) is 110 cm³/mol. The number of carbonyl (C=O) groups excluding carboxylic acids is 3. The fourth-order valence-electron chi connectivity index (χ4n) is 4.97. The highest BCUT2D eigenvalue weighted by atomic mass is 35.5. The molecule has 4 amide bonds. The molecule has 0 aromatic rings.